The monoisotopic (exact) mass is 436 g/mol. The first-order chi connectivity index (χ1) is 15.4. The van der Waals surface area contributed by atoms with E-state index in [1.54, 1.807) is 24.3 Å². The van der Waals surface area contributed by atoms with Gasteiger partial charge < -0.3 is 14.5 Å². The Balaban J connectivity index is 1.51. The molecule has 0 saturated heterocycles. The molecule has 1 aromatic heterocycles. The Morgan fingerprint density at radius 3 is 2.56 bits per heavy atom. The zero-order valence-electron chi connectivity index (χ0n) is 16.4. The molecule has 0 bridgehead atoms. The molecule has 3 rings (SSSR count). The molecule has 0 spiro atoms. The van der Waals surface area contributed by atoms with E-state index in [4.69, 9.17) is 9.15 Å². The second-order valence-corrected chi connectivity index (χ2v) is 6.22. The molecular weight excluding hydrogens is 420 g/mol. The smallest absolute Gasteiger partial charge is 0.343 e. The van der Waals surface area contributed by atoms with Gasteiger partial charge in [-0.15, -0.1) is 0 Å². The molecule has 0 fully saturated rings. The van der Waals surface area contributed by atoms with Crippen molar-refractivity contribution in [3.8, 4) is 5.75 Å². The van der Waals surface area contributed by atoms with Gasteiger partial charge in [-0.1, -0.05) is 12.1 Å². The van der Waals surface area contributed by atoms with Crippen molar-refractivity contribution in [3.63, 3.8) is 0 Å². The highest BCUT2D eigenvalue weighted by Gasteiger charge is 2.12. The molecule has 2 aromatic carbocycles. The molecular formula is C21H16N4O7. The Kier molecular flexibility index (Phi) is 7.05. The summed E-state index contributed by atoms with van der Waals surface area (Å²) in [4.78, 5) is 45.8. The fourth-order valence-corrected chi connectivity index (χ4v) is 2.42. The summed E-state index contributed by atoms with van der Waals surface area (Å²) in [6.07, 6.45) is 2.67. The number of nitro benzene ring substituents is 1. The van der Waals surface area contributed by atoms with Crippen LogP contribution in [0.3, 0.4) is 0 Å². The number of ether oxygens (including phenoxy) is 1. The second-order valence-electron chi connectivity index (χ2n) is 6.22. The molecule has 32 heavy (non-hydrogen) atoms. The molecule has 0 unspecified atom stereocenters. The first kappa shape index (κ1) is 21.9. The van der Waals surface area contributed by atoms with E-state index in [1.807, 2.05) is 0 Å². The Morgan fingerprint density at radius 1 is 1.09 bits per heavy atom. The number of rotatable bonds is 8. The number of amides is 2. The topological polar surface area (TPSA) is 153 Å². The molecule has 0 aliphatic rings. The normalized spacial score (nSPS) is 10.5. The number of furan rings is 1. The number of nitro groups is 1. The average Bonchev–Trinajstić information content (AvgIpc) is 3.33. The maximum Gasteiger partial charge on any atom is 0.343 e. The molecule has 11 heteroatoms. The third-order valence-electron chi connectivity index (χ3n) is 3.94. The average molecular weight is 436 g/mol. The minimum absolute atomic E-state index is 0.0846. The van der Waals surface area contributed by atoms with Crippen molar-refractivity contribution in [1.82, 2.24) is 10.7 Å². The summed E-state index contributed by atoms with van der Waals surface area (Å²) in [6, 6.07) is 14.4. The van der Waals surface area contributed by atoms with Gasteiger partial charge >= 0.3 is 5.97 Å². The Bertz CT molecular complexity index is 1160. The molecule has 0 atom stereocenters. The molecule has 2 N–H and O–H groups in total. The third-order valence-corrected chi connectivity index (χ3v) is 3.94. The lowest BCUT2D eigenvalue weighted by molar-refractivity contribution is -0.384. The minimum atomic E-state index is -0.686. The van der Waals surface area contributed by atoms with Gasteiger partial charge in [0.1, 0.15) is 5.75 Å². The van der Waals surface area contributed by atoms with Gasteiger partial charge in [-0.2, -0.15) is 5.10 Å². The number of carbonyl (C=O) groups excluding carboxylic acids is 3. The van der Waals surface area contributed by atoms with Gasteiger partial charge in [0.05, 0.1) is 29.5 Å². The number of esters is 1. The summed E-state index contributed by atoms with van der Waals surface area (Å²) in [5, 5.41) is 16.8. The van der Waals surface area contributed by atoms with Crippen molar-refractivity contribution in [2.75, 3.05) is 6.54 Å². The fraction of sp³-hybridized carbons (Fsp3) is 0.0476. The number of carbonyl (C=O) groups is 3. The molecule has 2 amide bonds. The van der Waals surface area contributed by atoms with Crippen LogP contribution in [0.2, 0.25) is 0 Å². The van der Waals surface area contributed by atoms with Crippen LogP contribution in [0.5, 0.6) is 5.75 Å². The first-order valence-corrected chi connectivity index (χ1v) is 9.12. The zero-order valence-corrected chi connectivity index (χ0v) is 16.4. The molecule has 0 saturated carbocycles. The van der Waals surface area contributed by atoms with Gasteiger partial charge in [-0.05, 0) is 42.0 Å². The van der Waals surface area contributed by atoms with Crippen LogP contribution in [0.1, 0.15) is 26.5 Å². The summed E-state index contributed by atoms with van der Waals surface area (Å²) in [5.74, 6) is -1.47. The van der Waals surface area contributed by atoms with Crippen LogP contribution in [-0.4, -0.2) is 35.5 Å². The second kappa shape index (κ2) is 10.3. The minimum Gasteiger partial charge on any atom is -0.459 e. The number of hydrazone groups is 1. The Labute approximate surface area is 180 Å². The van der Waals surface area contributed by atoms with Crippen molar-refractivity contribution in [3.05, 3.63) is 93.9 Å². The van der Waals surface area contributed by atoms with Gasteiger partial charge in [0.15, 0.2) is 5.76 Å². The van der Waals surface area contributed by atoms with Gasteiger partial charge in [-0.25, -0.2) is 10.2 Å². The van der Waals surface area contributed by atoms with Crippen molar-refractivity contribution in [2.24, 2.45) is 5.10 Å². The Morgan fingerprint density at radius 2 is 1.88 bits per heavy atom. The molecule has 1 heterocycles. The molecule has 0 aliphatic carbocycles. The van der Waals surface area contributed by atoms with Crippen molar-refractivity contribution in [2.45, 2.75) is 0 Å². The van der Waals surface area contributed by atoms with E-state index in [0.29, 0.717) is 5.56 Å². The first-order valence-electron chi connectivity index (χ1n) is 9.12. The summed E-state index contributed by atoms with van der Waals surface area (Å²) in [7, 11) is 0. The SMILES string of the molecule is O=C(CNC(=O)c1ccco1)NN=Cc1cccc(OC(=O)c2ccc([N+](=O)[O-])cc2)c1. The van der Waals surface area contributed by atoms with E-state index in [2.05, 4.69) is 15.8 Å². The van der Waals surface area contributed by atoms with Crippen LogP contribution >= 0.6 is 0 Å². The van der Waals surface area contributed by atoms with Gasteiger partial charge in [0, 0.05) is 12.1 Å². The number of benzene rings is 2. The lowest BCUT2D eigenvalue weighted by Gasteiger charge is -2.05. The third kappa shape index (κ3) is 6.10. The fourth-order valence-electron chi connectivity index (χ4n) is 2.42. The van der Waals surface area contributed by atoms with Crippen molar-refractivity contribution < 1.29 is 28.5 Å². The molecule has 0 aliphatic heterocycles. The number of nitrogens with one attached hydrogen (secondary N) is 2. The van der Waals surface area contributed by atoms with Crippen LogP contribution < -0.4 is 15.5 Å². The quantitative estimate of drug-likeness (QED) is 0.181. The van der Waals surface area contributed by atoms with E-state index in [-0.39, 0.29) is 29.3 Å². The summed E-state index contributed by atoms with van der Waals surface area (Å²) < 4.78 is 10.2. The maximum absolute atomic E-state index is 12.2. The lowest BCUT2D eigenvalue weighted by atomic mass is 10.2. The van der Waals surface area contributed by atoms with Crippen LogP contribution in [0.4, 0.5) is 5.69 Å². The van der Waals surface area contributed by atoms with Crippen LogP contribution in [0.15, 0.2) is 76.4 Å². The van der Waals surface area contributed by atoms with Gasteiger partial charge in [0.2, 0.25) is 0 Å². The predicted molar refractivity (Wildman–Crippen MR) is 111 cm³/mol. The zero-order chi connectivity index (χ0) is 22.9. The number of hydrogen-bond donors (Lipinski definition) is 2. The summed E-state index contributed by atoms with van der Waals surface area (Å²) in [6.45, 7) is -0.302. The van der Waals surface area contributed by atoms with E-state index in [9.17, 15) is 24.5 Å². The van der Waals surface area contributed by atoms with E-state index < -0.39 is 22.7 Å². The lowest BCUT2D eigenvalue weighted by Crippen LogP contribution is -2.34. The summed E-state index contributed by atoms with van der Waals surface area (Å²) >= 11 is 0. The standard InChI is InChI=1S/C21H16N4O7/c26-19(13-22-20(27)18-5-2-10-31-18)24-23-12-14-3-1-4-17(11-14)32-21(28)15-6-8-16(9-7-15)25(29)30/h1-12H,13H2,(H,22,27)(H,24,26). The van der Waals surface area contributed by atoms with Crippen LogP contribution in [0, 0.1) is 10.1 Å². The predicted octanol–water partition coefficient (Wildman–Crippen LogP) is 2.29. The Hall–Kier alpha value is -4.80. The molecule has 162 valence electrons. The van der Waals surface area contributed by atoms with E-state index in [0.717, 1.165) is 0 Å². The number of hydrogen-bond acceptors (Lipinski definition) is 8. The maximum atomic E-state index is 12.2. The van der Waals surface area contributed by atoms with Crippen molar-refractivity contribution in [1.29, 1.82) is 0 Å². The van der Waals surface area contributed by atoms with Crippen LogP contribution in [-0.2, 0) is 4.79 Å². The van der Waals surface area contributed by atoms with Crippen molar-refractivity contribution >= 4 is 29.7 Å². The number of nitrogens with zero attached hydrogens (tertiary/aromatic N) is 2. The van der Waals surface area contributed by atoms with Gasteiger partial charge in [0.25, 0.3) is 17.5 Å². The highest BCUT2D eigenvalue weighted by molar-refractivity contribution is 5.94. The molecule has 11 nitrogen and oxygen atoms in total. The molecule has 0 radical (unpaired) electrons. The molecule has 3 aromatic rings. The largest absolute Gasteiger partial charge is 0.459 e. The number of non-ortho nitro benzene ring substituents is 1. The highest BCUT2D eigenvalue weighted by atomic mass is 16.6. The van der Waals surface area contributed by atoms with Crippen LogP contribution in [0.25, 0.3) is 0 Å². The van der Waals surface area contributed by atoms with E-state index in [1.165, 1.54) is 48.9 Å². The van der Waals surface area contributed by atoms with Gasteiger partial charge in [-0.3, -0.25) is 19.7 Å². The van der Waals surface area contributed by atoms with E-state index >= 15 is 0 Å². The highest BCUT2D eigenvalue weighted by Crippen LogP contribution is 2.16. The summed E-state index contributed by atoms with van der Waals surface area (Å²) in [5.41, 5.74) is 2.80.